The summed E-state index contributed by atoms with van der Waals surface area (Å²) in [6, 6.07) is 13.7. The number of nitrogens with one attached hydrogen (secondary N) is 4. The molecule has 0 aliphatic carbocycles. The molecule has 2 aliphatic heterocycles. The van der Waals surface area contributed by atoms with Gasteiger partial charge in [0.15, 0.2) is 0 Å². The number of likely N-dealkylation sites (tertiary alicyclic amines) is 1. The third-order valence-electron chi connectivity index (χ3n) is 8.48. The lowest BCUT2D eigenvalue weighted by Gasteiger charge is -2.26. The number of H-pyrrole nitrogens is 1. The van der Waals surface area contributed by atoms with Crippen LogP contribution in [0, 0.1) is 5.82 Å². The summed E-state index contributed by atoms with van der Waals surface area (Å²) in [4.78, 5) is 13.7. The molecule has 1 atom stereocenters. The molecular weight excluding hydrogens is 553 g/mol. The zero-order valence-electron chi connectivity index (χ0n) is 25.2. The van der Waals surface area contributed by atoms with Gasteiger partial charge in [0.05, 0.1) is 23.1 Å². The fourth-order valence-electron chi connectivity index (χ4n) is 6.23. The summed E-state index contributed by atoms with van der Waals surface area (Å²) < 4.78 is 14.7. The number of likely N-dealkylation sites (N-methyl/N-ethyl adjacent to an activating group) is 1. The molecule has 9 nitrogen and oxygen atoms in total. The molecule has 1 fully saturated rings. The Morgan fingerprint density at radius 1 is 0.909 bits per heavy atom. The Hall–Kier alpha value is -4.54. The number of nitrogens with zero attached hydrogens (tertiary/aromatic N) is 5. The van der Waals surface area contributed by atoms with E-state index in [2.05, 4.69) is 65.1 Å². The Labute approximate surface area is 256 Å². The Kier molecular flexibility index (Phi) is 7.84. The Morgan fingerprint density at radius 3 is 2.64 bits per heavy atom. The zero-order chi connectivity index (χ0) is 30.0. The van der Waals surface area contributed by atoms with Crippen LogP contribution in [0.2, 0.25) is 0 Å². The average Bonchev–Trinajstić information content (AvgIpc) is 3.65. The van der Waals surface area contributed by atoms with Crippen molar-refractivity contribution in [1.29, 1.82) is 0 Å². The molecule has 0 radical (unpaired) electrons. The van der Waals surface area contributed by atoms with E-state index in [1.165, 1.54) is 30.9 Å². The number of aromatic nitrogens is 4. The summed E-state index contributed by atoms with van der Waals surface area (Å²) >= 11 is 0. The van der Waals surface area contributed by atoms with Crippen molar-refractivity contribution in [2.75, 3.05) is 56.2 Å². The standard InChI is InChI=1S/C34H38FN9/c1-43(2)11-8-38-27-14-24(13-26(35)16-27)29-19-37-20-31-32(29)40-34(39-31)33-28-15-23(6-7-30(28)41-42-33)25-12-22(17-36-18-25)21-44-9-4-3-5-10-44/h6-7,12-20,34,38-40H,3-5,8-11,21H2,1-2H3,(H,41,42). The van der Waals surface area contributed by atoms with E-state index in [9.17, 15) is 4.39 Å². The summed E-state index contributed by atoms with van der Waals surface area (Å²) in [5, 5.41) is 19.4. The zero-order valence-corrected chi connectivity index (χ0v) is 25.2. The second-order valence-electron chi connectivity index (χ2n) is 12.1. The highest BCUT2D eigenvalue weighted by atomic mass is 19.1. The van der Waals surface area contributed by atoms with Gasteiger partial charge in [0.25, 0.3) is 0 Å². The number of hydrogen-bond acceptors (Lipinski definition) is 8. The lowest BCUT2D eigenvalue weighted by molar-refractivity contribution is 0.220. The van der Waals surface area contributed by atoms with E-state index in [0.717, 1.165) is 88.6 Å². The van der Waals surface area contributed by atoms with Crippen molar-refractivity contribution < 1.29 is 4.39 Å². The minimum Gasteiger partial charge on any atom is -0.384 e. The summed E-state index contributed by atoms with van der Waals surface area (Å²) in [6.07, 6.45) is 11.1. The predicted molar refractivity (Wildman–Crippen MR) is 175 cm³/mol. The van der Waals surface area contributed by atoms with Gasteiger partial charge in [0, 0.05) is 60.4 Å². The highest BCUT2D eigenvalue weighted by molar-refractivity contribution is 5.92. The number of piperidine rings is 1. The number of pyridine rings is 2. The molecule has 226 valence electrons. The molecule has 0 spiro atoms. The van der Waals surface area contributed by atoms with E-state index in [1.807, 2.05) is 32.6 Å². The molecule has 2 aliphatic rings. The number of hydrogen-bond donors (Lipinski definition) is 4. The molecule has 2 aromatic carbocycles. The van der Waals surface area contributed by atoms with Gasteiger partial charge in [-0.3, -0.25) is 20.0 Å². The van der Waals surface area contributed by atoms with E-state index < -0.39 is 0 Å². The number of rotatable bonds is 9. The minimum absolute atomic E-state index is 0.285. The summed E-state index contributed by atoms with van der Waals surface area (Å²) in [5.41, 5.74) is 9.27. The first-order valence-electron chi connectivity index (χ1n) is 15.4. The number of benzene rings is 2. The monoisotopic (exact) mass is 591 g/mol. The SMILES string of the molecule is CN(C)CCNc1cc(F)cc(-c2cncc3c2NC(c2n[nH]c4ccc(-c5cncc(CN6CCCCC6)c5)cc24)N3)c1. The van der Waals surface area contributed by atoms with Crippen LogP contribution in [0.1, 0.15) is 36.7 Å². The topological polar surface area (TPSA) is 97.0 Å². The molecule has 44 heavy (non-hydrogen) atoms. The minimum atomic E-state index is -0.296. The van der Waals surface area contributed by atoms with Crippen LogP contribution >= 0.6 is 0 Å². The van der Waals surface area contributed by atoms with E-state index in [0.29, 0.717) is 0 Å². The molecule has 0 saturated carbocycles. The van der Waals surface area contributed by atoms with Crippen LogP contribution in [-0.4, -0.2) is 70.2 Å². The maximum Gasteiger partial charge on any atom is 0.143 e. The van der Waals surface area contributed by atoms with E-state index >= 15 is 0 Å². The van der Waals surface area contributed by atoms with Gasteiger partial charge >= 0.3 is 0 Å². The van der Waals surface area contributed by atoms with Crippen molar-refractivity contribution in [1.82, 2.24) is 30.0 Å². The van der Waals surface area contributed by atoms with Crippen LogP contribution in [-0.2, 0) is 6.54 Å². The van der Waals surface area contributed by atoms with Gasteiger partial charge in [-0.05, 0) is 93.1 Å². The van der Waals surface area contributed by atoms with Gasteiger partial charge in [-0.1, -0.05) is 12.5 Å². The summed E-state index contributed by atoms with van der Waals surface area (Å²) in [6.45, 7) is 4.81. The van der Waals surface area contributed by atoms with E-state index in [1.54, 1.807) is 18.5 Å². The smallest absolute Gasteiger partial charge is 0.143 e. The van der Waals surface area contributed by atoms with Gasteiger partial charge in [0.2, 0.25) is 0 Å². The maximum atomic E-state index is 14.7. The third kappa shape index (κ3) is 5.95. The lowest BCUT2D eigenvalue weighted by Crippen LogP contribution is -2.29. The molecule has 1 unspecified atom stereocenters. The highest BCUT2D eigenvalue weighted by Crippen LogP contribution is 2.43. The van der Waals surface area contributed by atoms with Crippen LogP contribution < -0.4 is 16.0 Å². The van der Waals surface area contributed by atoms with Crippen LogP contribution in [0.4, 0.5) is 21.5 Å². The van der Waals surface area contributed by atoms with Crippen LogP contribution in [0.15, 0.2) is 67.3 Å². The number of anilines is 3. The molecule has 0 bridgehead atoms. The van der Waals surface area contributed by atoms with Gasteiger partial charge in [0.1, 0.15) is 17.7 Å². The van der Waals surface area contributed by atoms with Gasteiger partial charge in [-0.2, -0.15) is 5.10 Å². The normalized spacial score (nSPS) is 16.6. The lowest BCUT2D eigenvalue weighted by atomic mass is 10.0. The molecule has 5 heterocycles. The largest absolute Gasteiger partial charge is 0.384 e. The van der Waals surface area contributed by atoms with Crippen molar-refractivity contribution in [2.24, 2.45) is 0 Å². The molecular formula is C34H38FN9. The van der Waals surface area contributed by atoms with Gasteiger partial charge < -0.3 is 20.9 Å². The molecule has 1 saturated heterocycles. The second-order valence-corrected chi connectivity index (χ2v) is 12.1. The van der Waals surface area contributed by atoms with Crippen molar-refractivity contribution in [2.45, 2.75) is 32.0 Å². The van der Waals surface area contributed by atoms with Crippen LogP contribution in [0.5, 0.6) is 0 Å². The van der Waals surface area contributed by atoms with Crippen molar-refractivity contribution in [3.8, 4) is 22.3 Å². The number of halogens is 1. The van der Waals surface area contributed by atoms with Crippen molar-refractivity contribution in [3.05, 3.63) is 84.3 Å². The van der Waals surface area contributed by atoms with Crippen LogP contribution in [0.3, 0.4) is 0 Å². The Bertz CT molecular complexity index is 1780. The summed E-state index contributed by atoms with van der Waals surface area (Å²) in [5.74, 6) is -0.296. The highest BCUT2D eigenvalue weighted by Gasteiger charge is 2.28. The van der Waals surface area contributed by atoms with Gasteiger partial charge in [-0.25, -0.2) is 4.39 Å². The summed E-state index contributed by atoms with van der Waals surface area (Å²) in [7, 11) is 4.03. The molecule has 0 amide bonds. The predicted octanol–water partition coefficient (Wildman–Crippen LogP) is 6.32. The number of fused-ring (bicyclic) bond motifs is 2. The quantitative estimate of drug-likeness (QED) is 0.158. The first-order chi connectivity index (χ1) is 21.5. The first-order valence-corrected chi connectivity index (χ1v) is 15.4. The van der Waals surface area contributed by atoms with Gasteiger partial charge in [-0.15, -0.1) is 0 Å². The van der Waals surface area contributed by atoms with E-state index in [-0.39, 0.29) is 12.0 Å². The fraction of sp³-hybridized carbons (Fsp3) is 0.324. The van der Waals surface area contributed by atoms with Crippen molar-refractivity contribution >= 4 is 28.0 Å². The van der Waals surface area contributed by atoms with Crippen LogP contribution in [0.25, 0.3) is 33.2 Å². The molecule has 7 rings (SSSR count). The Morgan fingerprint density at radius 2 is 1.77 bits per heavy atom. The fourth-order valence-corrected chi connectivity index (χ4v) is 6.23. The van der Waals surface area contributed by atoms with Crippen molar-refractivity contribution in [3.63, 3.8) is 0 Å². The molecule has 10 heteroatoms. The Balaban J connectivity index is 1.14. The molecule has 3 aromatic heterocycles. The van der Waals surface area contributed by atoms with E-state index in [4.69, 9.17) is 5.10 Å². The molecule has 4 N–H and O–H groups in total. The first kappa shape index (κ1) is 28.2. The maximum absolute atomic E-state index is 14.7. The second kappa shape index (κ2) is 12.2. The average molecular weight is 592 g/mol. The third-order valence-corrected chi connectivity index (χ3v) is 8.48. The molecule has 5 aromatic rings. The number of aromatic amines is 1.